The van der Waals surface area contributed by atoms with Gasteiger partial charge in [0.25, 0.3) is 5.91 Å². The molecule has 4 aromatic carbocycles. The van der Waals surface area contributed by atoms with E-state index in [1.165, 1.54) is 24.3 Å². The molecule has 1 aliphatic rings. The maximum Gasteiger partial charge on any atom is 0.573 e. The van der Waals surface area contributed by atoms with Gasteiger partial charge >= 0.3 is 12.5 Å². The second-order valence-electron chi connectivity index (χ2n) is 12.7. The molecule has 1 fully saturated rings. The van der Waals surface area contributed by atoms with E-state index in [4.69, 9.17) is 10.5 Å². The Hall–Kier alpha value is -5.04. The summed E-state index contributed by atoms with van der Waals surface area (Å²) in [6, 6.07) is 10.8. The number of rotatable bonds is 11. The topological polar surface area (TPSA) is 131 Å². The van der Waals surface area contributed by atoms with Gasteiger partial charge in [-0.3, -0.25) is 4.79 Å². The number of imide groups is 1. The molecule has 5 rings (SSSR count). The first-order valence-electron chi connectivity index (χ1n) is 16.7. The fourth-order valence-electron chi connectivity index (χ4n) is 6.63. The third-order valence-corrected chi connectivity index (χ3v) is 11.1. The van der Waals surface area contributed by atoms with Gasteiger partial charge in [0.1, 0.15) is 29.0 Å². The highest BCUT2D eigenvalue weighted by molar-refractivity contribution is 7.89. The highest BCUT2D eigenvalue weighted by atomic mass is 32.2. The molecule has 0 bridgehead atoms. The van der Waals surface area contributed by atoms with Crippen molar-refractivity contribution in [1.82, 2.24) is 9.62 Å². The van der Waals surface area contributed by atoms with E-state index in [1.54, 1.807) is 6.92 Å². The van der Waals surface area contributed by atoms with Crippen LogP contribution < -0.4 is 20.7 Å². The van der Waals surface area contributed by atoms with Crippen LogP contribution in [0, 0.1) is 23.3 Å². The van der Waals surface area contributed by atoms with Crippen molar-refractivity contribution in [3.05, 3.63) is 125 Å². The van der Waals surface area contributed by atoms with Gasteiger partial charge in [-0.05, 0) is 91.6 Å². The van der Waals surface area contributed by atoms with Crippen LogP contribution in [0.3, 0.4) is 0 Å². The van der Waals surface area contributed by atoms with Gasteiger partial charge in [-0.1, -0.05) is 18.2 Å². The van der Waals surface area contributed by atoms with Gasteiger partial charge in [0.2, 0.25) is 10.0 Å². The van der Waals surface area contributed by atoms with E-state index in [9.17, 15) is 44.3 Å². The lowest BCUT2D eigenvalue weighted by atomic mass is 9.84. The fourth-order valence-corrected chi connectivity index (χ4v) is 8.48. The monoisotopic (exact) mass is 796 g/mol. The molecule has 0 saturated carbocycles. The van der Waals surface area contributed by atoms with E-state index in [2.05, 4.69) is 10.1 Å². The Balaban J connectivity index is 1.48. The molecule has 0 unspecified atom stereocenters. The zero-order valence-electron chi connectivity index (χ0n) is 29.2. The van der Waals surface area contributed by atoms with E-state index in [0.717, 1.165) is 66.0 Å². The quantitative estimate of drug-likeness (QED) is 0.167. The van der Waals surface area contributed by atoms with E-state index in [1.807, 2.05) is 0 Å². The van der Waals surface area contributed by atoms with Crippen molar-refractivity contribution in [2.45, 2.75) is 55.1 Å². The molecular weight excluding hydrogens is 761 g/mol. The van der Waals surface area contributed by atoms with Crippen molar-refractivity contribution in [2.24, 2.45) is 5.73 Å². The van der Waals surface area contributed by atoms with Gasteiger partial charge in [0.05, 0.1) is 23.7 Å². The Morgan fingerprint density at radius 3 is 2.15 bits per heavy atom. The number of amides is 2. The first-order valence-corrected chi connectivity index (χ1v) is 18.1. The minimum absolute atomic E-state index is 0.0800. The molecule has 3 N–H and O–H groups in total. The number of nitrogens with one attached hydrogen (secondary N) is 1. The van der Waals surface area contributed by atoms with Gasteiger partial charge in [0, 0.05) is 42.7 Å². The van der Waals surface area contributed by atoms with Crippen LogP contribution in [0.15, 0.2) is 89.8 Å². The number of hydrogen-bond acceptors (Lipinski definition) is 8. The number of hydrogen-bond donors (Lipinski definition) is 2. The number of nitrogens with zero attached hydrogens (tertiary/aromatic N) is 2. The normalized spacial score (nSPS) is 17.6. The summed E-state index contributed by atoms with van der Waals surface area (Å²) < 4.78 is 134. The van der Waals surface area contributed by atoms with Crippen molar-refractivity contribution in [3.63, 3.8) is 0 Å². The van der Waals surface area contributed by atoms with Crippen LogP contribution in [0.1, 0.15) is 36.0 Å². The largest absolute Gasteiger partial charge is 0.573 e. The molecule has 0 radical (unpaired) electrons. The number of methoxy groups -OCH3 is 1. The Morgan fingerprint density at radius 1 is 0.909 bits per heavy atom. The highest BCUT2D eigenvalue weighted by Gasteiger charge is 2.40. The molecule has 1 saturated heterocycles. The molecule has 4 atom stereocenters. The number of nitrogens with two attached hydrogens (primary N) is 1. The number of halogens is 7. The lowest BCUT2D eigenvalue weighted by molar-refractivity contribution is -0.274. The molecule has 2 amide bonds. The van der Waals surface area contributed by atoms with Crippen molar-refractivity contribution >= 4 is 27.7 Å². The van der Waals surface area contributed by atoms with Gasteiger partial charge < -0.3 is 20.5 Å². The average molecular weight is 797 g/mol. The molecule has 55 heavy (non-hydrogen) atoms. The van der Waals surface area contributed by atoms with Crippen LogP contribution in [0.5, 0.6) is 5.75 Å². The summed E-state index contributed by atoms with van der Waals surface area (Å²) in [7, 11) is -3.39. The Labute approximate surface area is 311 Å². The summed E-state index contributed by atoms with van der Waals surface area (Å²) in [5.41, 5.74) is 5.96. The van der Waals surface area contributed by atoms with Gasteiger partial charge in [-0.2, -0.15) is 4.31 Å². The summed E-state index contributed by atoms with van der Waals surface area (Å²) in [6.07, 6.45) is -6.65. The SMILES string of the molecule is COC(=O)N(C(=O)[C@@H](N)[C@@H](c1ccc(F)cc1)c1cc(F)cc(F)c1)c1cccc(F)c1CC[C@H]1CNC[C@H](C)N1S(=O)(=O)c1ccc(OC(F)(F)F)cc1. The van der Waals surface area contributed by atoms with Crippen LogP contribution in [-0.2, 0) is 26.0 Å². The van der Waals surface area contributed by atoms with E-state index in [-0.39, 0.29) is 53.2 Å². The van der Waals surface area contributed by atoms with Crippen LogP contribution >= 0.6 is 0 Å². The molecule has 1 heterocycles. The number of carbonyl (C=O) groups is 2. The minimum Gasteiger partial charge on any atom is -0.452 e. The number of piperazine rings is 1. The molecule has 10 nitrogen and oxygen atoms in total. The Kier molecular flexibility index (Phi) is 12.5. The fraction of sp³-hybridized carbons (Fsp3) is 0.297. The molecular formula is C37H35F7N4O6S. The minimum atomic E-state index is -4.99. The zero-order chi connectivity index (χ0) is 40.2. The van der Waals surface area contributed by atoms with Gasteiger partial charge in [-0.25, -0.2) is 35.7 Å². The molecule has 1 aliphatic heterocycles. The molecule has 0 aliphatic carbocycles. The van der Waals surface area contributed by atoms with E-state index in [0.29, 0.717) is 11.0 Å². The Morgan fingerprint density at radius 2 is 1.55 bits per heavy atom. The third-order valence-electron chi connectivity index (χ3n) is 9.00. The lowest BCUT2D eigenvalue weighted by Gasteiger charge is -2.40. The van der Waals surface area contributed by atoms with Crippen LogP contribution in [-0.4, -0.2) is 69.4 Å². The van der Waals surface area contributed by atoms with Crippen LogP contribution in [0.4, 0.5) is 41.2 Å². The number of alkyl halides is 3. The molecule has 18 heteroatoms. The second kappa shape index (κ2) is 16.8. The van der Waals surface area contributed by atoms with Crippen molar-refractivity contribution in [2.75, 3.05) is 25.1 Å². The summed E-state index contributed by atoms with van der Waals surface area (Å²) in [5.74, 6) is -6.72. The van der Waals surface area contributed by atoms with Crippen molar-refractivity contribution < 1.29 is 58.2 Å². The van der Waals surface area contributed by atoms with Crippen LogP contribution in [0.2, 0.25) is 0 Å². The zero-order valence-corrected chi connectivity index (χ0v) is 30.0. The van der Waals surface area contributed by atoms with Gasteiger partial charge in [-0.15, -0.1) is 13.2 Å². The number of anilines is 1. The Bertz CT molecular complexity index is 2100. The third kappa shape index (κ3) is 9.44. The first-order chi connectivity index (χ1) is 25.9. The molecule has 0 aromatic heterocycles. The van der Waals surface area contributed by atoms with Crippen LogP contribution in [0.25, 0.3) is 0 Å². The first kappa shape index (κ1) is 41.1. The second-order valence-corrected chi connectivity index (χ2v) is 14.5. The predicted molar refractivity (Wildman–Crippen MR) is 185 cm³/mol. The summed E-state index contributed by atoms with van der Waals surface area (Å²) in [4.78, 5) is 27.7. The number of carbonyl (C=O) groups excluding carboxylic acids is 2. The maximum atomic E-state index is 15.8. The number of ether oxygens (including phenoxy) is 2. The standard InChI is InChI=1S/C37H35F7N4O6S/c1-21-19-46-20-27(48(21)55(51,52)29-13-11-28(12-14-29)54-37(42,43)44)10-15-30-31(41)4-3-5-32(30)47(36(50)53-2)35(49)34(45)33(22-6-8-24(38)9-7-22)23-16-25(39)18-26(40)17-23/h3-9,11-14,16-18,21,27,33-34,46H,10,15,19-20,45H2,1-2H3/t21-,27-,33-,34-/m0/s1. The summed E-state index contributed by atoms with van der Waals surface area (Å²) >= 11 is 0. The van der Waals surface area contributed by atoms with Crippen molar-refractivity contribution in [1.29, 1.82) is 0 Å². The summed E-state index contributed by atoms with van der Waals surface area (Å²) in [5, 5.41) is 3.10. The lowest BCUT2D eigenvalue weighted by Crippen LogP contribution is -2.58. The highest BCUT2D eigenvalue weighted by Crippen LogP contribution is 2.34. The molecule has 4 aromatic rings. The predicted octanol–water partition coefficient (Wildman–Crippen LogP) is 6.38. The summed E-state index contributed by atoms with van der Waals surface area (Å²) in [6.45, 7) is 1.90. The molecule has 0 spiro atoms. The van der Waals surface area contributed by atoms with E-state index >= 15 is 4.39 Å². The number of benzene rings is 4. The van der Waals surface area contributed by atoms with Gasteiger partial charge in [0.15, 0.2) is 0 Å². The van der Waals surface area contributed by atoms with Crippen molar-refractivity contribution in [3.8, 4) is 5.75 Å². The molecule has 294 valence electrons. The number of sulfonamides is 1. The smallest absolute Gasteiger partial charge is 0.452 e. The van der Waals surface area contributed by atoms with E-state index < -0.39 is 81.4 Å². The maximum absolute atomic E-state index is 15.8. The average Bonchev–Trinajstić information content (AvgIpc) is 3.11.